The van der Waals surface area contributed by atoms with Gasteiger partial charge in [0.2, 0.25) is 0 Å². The third-order valence-corrected chi connectivity index (χ3v) is 9.12. The summed E-state index contributed by atoms with van der Waals surface area (Å²) in [4.78, 5) is 0. The van der Waals surface area contributed by atoms with E-state index in [1.54, 1.807) is 0 Å². The first-order chi connectivity index (χ1) is 16.8. The van der Waals surface area contributed by atoms with Crippen molar-refractivity contribution in [2.75, 3.05) is 36.2 Å². The van der Waals surface area contributed by atoms with Gasteiger partial charge in [-0.3, -0.25) is 4.57 Å². The molecule has 0 aromatic heterocycles. The summed E-state index contributed by atoms with van der Waals surface area (Å²) in [6.07, 6.45) is 27.7. The van der Waals surface area contributed by atoms with Crippen LogP contribution in [0.15, 0.2) is 0 Å². The summed E-state index contributed by atoms with van der Waals surface area (Å²) in [5.41, 5.74) is 0. The first-order valence-electron chi connectivity index (χ1n) is 14.8. The Morgan fingerprint density at radius 3 is 1.06 bits per heavy atom. The van der Waals surface area contributed by atoms with Crippen molar-refractivity contribution in [3.05, 3.63) is 0 Å². The van der Waals surface area contributed by atoms with Crippen molar-refractivity contribution >= 4 is 31.8 Å². The van der Waals surface area contributed by atoms with Crippen LogP contribution >= 0.6 is 31.8 Å². The maximum Gasteiger partial charge on any atom is 0.319 e. The predicted molar refractivity (Wildman–Crippen MR) is 159 cm³/mol. The van der Waals surface area contributed by atoms with Crippen molar-refractivity contribution in [2.45, 2.75) is 142 Å². The zero-order chi connectivity index (χ0) is 24.8. The van der Waals surface area contributed by atoms with Crippen LogP contribution in [0, 0.1) is 0 Å². The second-order valence-corrected chi connectivity index (χ2v) is 13.1. The Morgan fingerprint density at radius 2 is 0.735 bits per heavy atom. The Kier molecular flexibility index (Phi) is 32.7. The molecule has 0 aliphatic heterocycles. The highest BCUT2D eigenvalue weighted by Gasteiger charge is 2.01. The standard InChI is InChI=1S/C28H59O3PS2/c1-3-5-7-9-11-13-15-17-19-21-25-33-27-23-30-32(29)31-24-28-34-26-22-20-18-16-14-12-10-8-6-4-2/h32H,3-28H2,1-2H3. The van der Waals surface area contributed by atoms with Gasteiger partial charge >= 0.3 is 8.25 Å². The van der Waals surface area contributed by atoms with Gasteiger partial charge in [-0.15, -0.1) is 0 Å². The molecule has 6 heteroatoms. The highest BCUT2D eigenvalue weighted by atomic mass is 32.2. The Hall–Kier alpha value is 0.850. The highest BCUT2D eigenvalue weighted by molar-refractivity contribution is 7.99. The second kappa shape index (κ2) is 31.9. The van der Waals surface area contributed by atoms with Crippen molar-refractivity contribution in [1.82, 2.24) is 0 Å². The van der Waals surface area contributed by atoms with Crippen molar-refractivity contribution in [3.8, 4) is 0 Å². The van der Waals surface area contributed by atoms with Gasteiger partial charge < -0.3 is 9.05 Å². The van der Waals surface area contributed by atoms with E-state index in [1.165, 1.54) is 140 Å². The lowest BCUT2D eigenvalue weighted by Gasteiger charge is -2.06. The minimum absolute atomic E-state index is 0.548. The van der Waals surface area contributed by atoms with Gasteiger partial charge in [0, 0.05) is 11.5 Å². The number of thioether (sulfide) groups is 2. The molecule has 0 aromatic rings. The zero-order valence-corrected chi connectivity index (χ0v) is 25.6. The van der Waals surface area contributed by atoms with Crippen LogP contribution in [0.1, 0.15) is 142 Å². The van der Waals surface area contributed by atoms with Crippen LogP contribution in [0.2, 0.25) is 0 Å². The van der Waals surface area contributed by atoms with E-state index in [-0.39, 0.29) is 0 Å². The molecule has 3 nitrogen and oxygen atoms in total. The number of hydrogen-bond donors (Lipinski definition) is 0. The van der Waals surface area contributed by atoms with E-state index in [2.05, 4.69) is 13.8 Å². The van der Waals surface area contributed by atoms with E-state index in [0.717, 1.165) is 11.5 Å². The summed E-state index contributed by atoms with van der Waals surface area (Å²) in [7, 11) is -2.30. The van der Waals surface area contributed by atoms with Crippen molar-refractivity contribution in [1.29, 1.82) is 0 Å². The molecule has 0 saturated carbocycles. The van der Waals surface area contributed by atoms with Crippen LogP contribution in [-0.2, 0) is 13.6 Å². The molecule has 0 spiro atoms. The summed E-state index contributed by atoms with van der Waals surface area (Å²) in [5.74, 6) is 4.23. The maximum atomic E-state index is 11.8. The van der Waals surface area contributed by atoms with Gasteiger partial charge in [0.15, 0.2) is 0 Å². The quantitative estimate of drug-likeness (QED) is 0.0671. The lowest BCUT2D eigenvalue weighted by atomic mass is 10.1. The second-order valence-electron chi connectivity index (χ2n) is 9.54. The average molecular weight is 539 g/mol. The Morgan fingerprint density at radius 1 is 0.441 bits per heavy atom. The SMILES string of the molecule is CCCCCCCCCCCCSCCO[PH](=O)OCCSCCCCCCCCCCCC. The average Bonchev–Trinajstić information content (AvgIpc) is 2.84. The third-order valence-electron chi connectivity index (χ3n) is 6.18. The molecule has 0 unspecified atom stereocenters. The number of rotatable bonds is 30. The first kappa shape index (κ1) is 34.9. The van der Waals surface area contributed by atoms with Crippen molar-refractivity contribution in [2.24, 2.45) is 0 Å². The Bertz CT molecular complexity index is 366. The van der Waals surface area contributed by atoms with E-state index in [1.807, 2.05) is 23.5 Å². The van der Waals surface area contributed by atoms with Gasteiger partial charge in [-0.05, 0) is 24.3 Å². The molecule has 0 bridgehead atoms. The van der Waals surface area contributed by atoms with Crippen LogP contribution < -0.4 is 0 Å². The van der Waals surface area contributed by atoms with Crippen LogP contribution in [0.25, 0.3) is 0 Å². The molecule has 0 N–H and O–H groups in total. The van der Waals surface area contributed by atoms with E-state index in [9.17, 15) is 4.57 Å². The minimum atomic E-state index is -2.30. The highest BCUT2D eigenvalue weighted by Crippen LogP contribution is 2.24. The first-order valence-corrected chi connectivity index (χ1v) is 18.3. The van der Waals surface area contributed by atoms with Gasteiger partial charge in [0.05, 0.1) is 13.2 Å². The lowest BCUT2D eigenvalue weighted by Crippen LogP contribution is -1.96. The monoisotopic (exact) mass is 538 g/mol. The molecule has 206 valence electrons. The molecule has 34 heavy (non-hydrogen) atoms. The van der Waals surface area contributed by atoms with Gasteiger partial charge in [-0.25, -0.2) is 0 Å². The van der Waals surface area contributed by atoms with Crippen LogP contribution in [-0.4, -0.2) is 36.2 Å². The topological polar surface area (TPSA) is 35.5 Å². The van der Waals surface area contributed by atoms with E-state index in [0.29, 0.717) is 13.2 Å². The number of unbranched alkanes of at least 4 members (excludes halogenated alkanes) is 18. The van der Waals surface area contributed by atoms with Crippen LogP contribution in [0.3, 0.4) is 0 Å². The Labute approximate surface area is 223 Å². The minimum Gasteiger partial charge on any atom is -0.310 e. The molecule has 0 atom stereocenters. The van der Waals surface area contributed by atoms with Gasteiger partial charge in [0.1, 0.15) is 0 Å². The van der Waals surface area contributed by atoms with Gasteiger partial charge in [-0.1, -0.05) is 129 Å². The maximum absolute atomic E-state index is 11.8. The summed E-state index contributed by atoms with van der Waals surface area (Å²) >= 11 is 3.83. The molecular weight excluding hydrogens is 479 g/mol. The molecule has 0 heterocycles. The predicted octanol–water partition coefficient (Wildman–Crippen LogP) is 10.7. The van der Waals surface area contributed by atoms with Crippen LogP contribution in [0.4, 0.5) is 0 Å². The molecule has 0 aliphatic rings. The summed E-state index contributed by atoms with van der Waals surface area (Å²) < 4.78 is 22.5. The summed E-state index contributed by atoms with van der Waals surface area (Å²) in [6.45, 7) is 5.65. The normalized spacial score (nSPS) is 11.6. The molecule has 0 aromatic carbocycles. The van der Waals surface area contributed by atoms with E-state index < -0.39 is 8.25 Å². The van der Waals surface area contributed by atoms with Gasteiger partial charge in [-0.2, -0.15) is 23.5 Å². The summed E-state index contributed by atoms with van der Waals surface area (Å²) in [5, 5.41) is 0. The molecular formula is C28H59O3PS2. The largest absolute Gasteiger partial charge is 0.319 e. The smallest absolute Gasteiger partial charge is 0.310 e. The van der Waals surface area contributed by atoms with E-state index in [4.69, 9.17) is 9.05 Å². The fraction of sp³-hybridized carbons (Fsp3) is 1.00. The van der Waals surface area contributed by atoms with Crippen molar-refractivity contribution in [3.63, 3.8) is 0 Å². The molecule has 0 amide bonds. The fourth-order valence-corrected chi connectivity index (χ4v) is 6.54. The van der Waals surface area contributed by atoms with Crippen LogP contribution in [0.5, 0.6) is 0 Å². The molecule has 0 radical (unpaired) electrons. The molecule has 0 fully saturated rings. The van der Waals surface area contributed by atoms with Crippen molar-refractivity contribution < 1.29 is 13.6 Å². The number of hydrogen-bond acceptors (Lipinski definition) is 5. The fourth-order valence-electron chi connectivity index (χ4n) is 4.00. The van der Waals surface area contributed by atoms with Gasteiger partial charge in [0.25, 0.3) is 0 Å². The molecule has 0 aliphatic carbocycles. The Balaban J connectivity index is 3.14. The van der Waals surface area contributed by atoms with E-state index >= 15 is 0 Å². The summed E-state index contributed by atoms with van der Waals surface area (Å²) in [6, 6.07) is 0. The lowest BCUT2D eigenvalue weighted by molar-refractivity contribution is 0.246. The molecule has 0 saturated heterocycles. The molecule has 0 rings (SSSR count). The third kappa shape index (κ3) is 30.9. The zero-order valence-electron chi connectivity index (χ0n) is 22.9.